The van der Waals surface area contributed by atoms with Crippen molar-refractivity contribution in [2.45, 2.75) is 24.6 Å². The number of carbonyl (C=O) groups is 1. The Labute approximate surface area is 142 Å². The summed E-state index contributed by atoms with van der Waals surface area (Å²) in [6.07, 6.45) is 5.35. The van der Waals surface area contributed by atoms with E-state index in [1.54, 1.807) is 24.5 Å². The lowest BCUT2D eigenvalue weighted by Crippen LogP contribution is -2.30. The molecular formula is C16H16ClN3O2S. The summed E-state index contributed by atoms with van der Waals surface area (Å²) in [6.45, 7) is 0. The zero-order chi connectivity index (χ0) is 16.2. The number of nitrogens with zero attached hydrogens (tertiary/aromatic N) is 2. The molecule has 5 nitrogen and oxygen atoms in total. The summed E-state index contributed by atoms with van der Waals surface area (Å²) in [6, 6.07) is 7.54. The van der Waals surface area contributed by atoms with Crippen LogP contribution in [0.1, 0.15) is 18.4 Å². The minimum absolute atomic E-state index is 0.0232. The van der Waals surface area contributed by atoms with Crippen LogP contribution in [0.25, 0.3) is 11.4 Å². The molecule has 2 aromatic rings. The number of benzene rings is 1. The Kier molecular flexibility index (Phi) is 5.03. The van der Waals surface area contributed by atoms with E-state index in [1.165, 1.54) is 0 Å². The van der Waals surface area contributed by atoms with Gasteiger partial charge in [0.2, 0.25) is 5.91 Å². The van der Waals surface area contributed by atoms with E-state index in [1.807, 2.05) is 12.1 Å². The Morgan fingerprint density at radius 3 is 2.48 bits per heavy atom. The second kappa shape index (κ2) is 7.19. The van der Waals surface area contributed by atoms with Gasteiger partial charge in [0.1, 0.15) is 5.75 Å². The van der Waals surface area contributed by atoms with Gasteiger partial charge in [0.25, 0.3) is 0 Å². The van der Waals surface area contributed by atoms with Gasteiger partial charge in [-0.05, 0) is 37.1 Å². The maximum absolute atomic E-state index is 12.0. The van der Waals surface area contributed by atoms with Gasteiger partial charge in [0.05, 0.1) is 5.75 Å². The normalized spacial score (nSPS) is 15.2. The SMILES string of the molecule is O=C(C[S@](=O)Cc1cnc(-c2ccc(Cl)cc2)nc1)NC1CC1. The highest BCUT2D eigenvalue weighted by Gasteiger charge is 2.23. The van der Waals surface area contributed by atoms with Crippen LogP contribution in [0.4, 0.5) is 0 Å². The quantitative estimate of drug-likeness (QED) is 0.868. The molecule has 7 heteroatoms. The van der Waals surface area contributed by atoms with E-state index in [-0.39, 0.29) is 17.4 Å². The predicted octanol–water partition coefficient (Wildman–Crippen LogP) is 2.32. The van der Waals surface area contributed by atoms with Gasteiger partial charge in [-0.3, -0.25) is 9.00 Å². The van der Waals surface area contributed by atoms with Crippen molar-refractivity contribution in [3.63, 3.8) is 0 Å². The molecule has 0 saturated heterocycles. The van der Waals surface area contributed by atoms with Gasteiger partial charge in [0.15, 0.2) is 5.82 Å². The number of halogens is 1. The van der Waals surface area contributed by atoms with Crippen LogP contribution in [-0.2, 0) is 21.3 Å². The van der Waals surface area contributed by atoms with E-state index in [0.717, 1.165) is 24.0 Å². The maximum Gasteiger partial charge on any atom is 0.232 e. The van der Waals surface area contributed by atoms with Crippen molar-refractivity contribution >= 4 is 28.3 Å². The summed E-state index contributed by atoms with van der Waals surface area (Å²) in [7, 11) is -1.25. The van der Waals surface area contributed by atoms with Gasteiger partial charge in [0, 0.05) is 45.4 Å². The standard InChI is InChI=1S/C16H16ClN3O2S/c17-13-3-1-12(2-4-13)16-18-7-11(8-19-16)9-23(22)10-15(21)20-14-5-6-14/h1-4,7-8,14H,5-6,9-10H2,(H,20,21)/t23-/m1/s1. The van der Waals surface area contributed by atoms with Crippen molar-refractivity contribution in [1.82, 2.24) is 15.3 Å². The lowest BCUT2D eigenvalue weighted by atomic mass is 10.2. The summed E-state index contributed by atoms with van der Waals surface area (Å²) in [4.78, 5) is 20.2. The molecule has 0 radical (unpaired) electrons. The largest absolute Gasteiger partial charge is 0.353 e. The number of carbonyl (C=O) groups excluding carboxylic acids is 1. The number of hydrogen-bond acceptors (Lipinski definition) is 4. The Balaban J connectivity index is 1.57. The van der Waals surface area contributed by atoms with Gasteiger partial charge >= 0.3 is 0 Å². The third-order valence-corrected chi connectivity index (χ3v) is 4.86. The fraction of sp³-hybridized carbons (Fsp3) is 0.312. The number of rotatable bonds is 6. The highest BCUT2D eigenvalue weighted by Crippen LogP contribution is 2.19. The first-order valence-corrected chi connectivity index (χ1v) is 9.18. The Morgan fingerprint density at radius 1 is 1.22 bits per heavy atom. The molecule has 0 unspecified atom stereocenters. The topological polar surface area (TPSA) is 72.0 Å². The summed E-state index contributed by atoms with van der Waals surface area (Å²) >= 11 is 5.85. The first-order valence-electron chi connectivity index (χ1n) is 7.31. The average molecular weight is 350 g/mol. The van der Waals surface area contributed by atoms with Crippen LogP contribution in [0.2, 0.25) is 5.02 Å². The molecule has 3 rings (SSSR count). The summed E-state index contributed by atoms with van der Waals surface area (Å²) in [5.74, 6) is 0.737. The Hall–Kier alpha value is -1.79. The van der Waals surface area contributed by atoms with E-state index in [9.17, 15) is 9.00 Å². The van der Waals surface area contributed by atoms with Gasteiger partial charge < -0.3 is 5.32 Å². The van der Waals surface area contributed by atoms with E-state index in [4.69, 9.17) is 11.6 Å². The third-order valence-electron chi connectivity index (χ3n) is 3.37. The molecule has 1 saturated carbocycles. The predicted molar refractivity (Wildman–Crippen MR) is 90.4 cm³/mol. The molecular weight excluding hydrogens is 334 g/mol. The minimum Gasteiger partial charge on any atom is -0.353 e. The summed E-state index contributed by atoms with van der Waals surface area (Å²) in [5, 5.41) is 3.49. The molecule has 1 atom stereocenters. The van der Waals surface area contributed by atoms with Crippen molar-refractivity contribution in [3.8, 4) is 11.4 Å². The molecule has 1 aromatic carbocycles. The highest BCUT2D eigenvalue weighted by molar-refractivity contribution is 7.84. The number of hydrogen-bond donors (Lipinski definition) is 1. The molecule has 23 heavy (non-hydrogen) atoms. The molecule has 1 amide bonds. The Morgan fingerprint density at radius 2 is 1.87 bits per heavy atom. The number of amides is 1. The molecule has 1 aromatic heterocycles. The zero-order valence-electron chi connectivity index (χ0n) is 12.4. The monoisotopic (exact) mass is 349 g/mol. The van der Waals surface area contributed by atoms with Gasteiger partial charge in [-0.2, -0.15) is 0 Å². The smallest absolute Gasteiger partial charge is 0.232 e. The van der Waals surface area contributed by atoms with Crippen molar-refractivity contribution in [3.05, 3.63) is 47.2 Å². The highest BCUT2D eigenvalue weighted by atomic mass is 35.5. The fourth-order valence-corrected chi connectivity index (χ4v) is 3.18. The summed E-state index contributed by atoms with van der Waals surface area (Å²) in [5.41, 5.74) is 1.62. The van der Waals surface area contributed by atoms with Crippen molar-refractivity contribution in [2.75, 3.05) is 5.75 Å². The molecule has 0 bridgehead atoms. The molecule has 0 spiro atoms. The van der Waals surface area contributed by atoms with Gasteiger partial charge in [-0.25, -0.2) is 9.97 Å². The molecule has 1 aliphatic rings. The second-order valence-electron chi connectivity index (χ2n) is 5.49. The molecule has 1 fully saturated rings. The average Bonchev–Trinajstić information content (AvgIpc) is 3.32. The summed E-state index contributed by atoms with van der Waals surface area (Å²) < 4.78 is 12.0. The van der Waals surface area contributed by atoms with Crippen LogP contribution in [0.15, 0.2) is 36.7 Å². The fourth-order valence-electron chi connectivity index (χ4n) is 2.06. The van der Waals surface area contributed by atoms with E-state index in [2.05, 4.69) is 15.3 Å². The molecule has 1 N–H and O–H groups in total. The Bertz CT molecular complexity index is 715. The number of aromatic nitrogens is 2. The lowest BCUT2D eigenvalue weighted by Gasteiger charge is -2.05. The minimum atomic E-state index is -1.25. The van der Waals surface area contributed by atoms with E-state index >= 15 is 0 Å². The third kappa shape index (κ3) is 4.84. The van der Waals surface area contributed by atoms with Gasteiger partial charge in [-0.15, -0.1) is 0 Å². The van der Waals surface area contributed by atoms with Gasteiger partial charge in [-0.1, -0.05) is 11.6 Å². The molecule has 1 heterocycles. The first kappa shape index (κ1) is 16.1. The zero-order valence-corrected chi connectivity index (χ0v) is 13.9. The van der Waals surface area contributed by atoms with E-state index in [0.29, 0.717) is 16.9 Å². The van der Waals surface area contributed by atoms with Crippen molar-refractivity contribution in [1.29, 1.82) is 0 Å². The van der Waals surface area contributed by atoms with Crippen molar-refractivity contribution < 1.29 is 9.00 Å². The van der Waals surface area contributed by atoms with Crippen LogP contribution in [0, 0.1) is 0 Å². The first-order chi connectivity index (χ1) is 11.1. The second-order valence-corrected chi connectivity index (χ2v) is 7.39. The van der Waals surface area contributed by atoms with Crippen LogP contribution in [-0.4, -0.2) is 31.9 Å². The van der Waals surface area contributed by atoms with Crippen LogP contribution in [0.5, 0.6) is 0 Å². The van der Waals surface area contributed by atoms with Crippen LogP contribution >= 0.6 is 11.6 Å². The molecule has 0 aliphatic heterocycles. The van der Waals surface area contributed by atoms with Crippen LogP contribution < -0.4 is 5.32 Å². The molecule has 1 aliphatic carbocycles. The number of nitrogens with one attached hydrogen (secondary N) is 1. The maximum atomic E-state index is 12.0. The molecule has 120 valence electrons. The van der Waals surface area contributed by atoms with E-state index < -0.39 is 10.8 Å². The lowest BCUT2D eigenvalue weighted by molar-refractivity contribution is -0.118. The van der Waals surface area contributed by atoms with Crippen LogP contribution in [0.3, 0.4) is 0 Å². The van der Waals surface area contributed by atoms with Crippen molar-refractivity contribution in [2.24, 2.45) is 0 Å².